The number of rotatable bonds is 9. The van der Waals surface area contributed by atoms with Gasteiger partial charge in [-0.05, 0) is 81.6 Å². The Kier molecular flexibility index (Phi) is 9.11. The zero-order chi connectivity index (χ0) is 32.2. The number of ether oxygens (including phenoxy) is 2. The van der Waals surface area contributed by atoms with Crippen molar-refractivity contribution >= 4 is 34.8 Å². The van der Waals surface area contributed by atoms with Crippen molar-refractivity contribution in [2.75, 3.05) is 42.7 Å². The van der Waals surface area contributed by atoms with E-state index in [1.165, 1.54) is 12.3 Å². The Bertz CT molecular complexity index is 1760. The molecule has 1 unspecified atom stereocenters. The third-order valence-electron chi connectivity index (χ3n) is 8.29. The third kappa shape index (κ3) is 7.26. The number of aromatic nitrogens is 2. The van der Waals surface area contributed by atoms with Crippen LogP contribution in [0.15, 0.2) is 60.8 Å². The molecule has 2 aliphatic heterocycles. The fourth-order valence-electron chi connectivity index (χ4n) is 5.82. The second-order valence-corrected chi connectivity index (χ2v) is 12.0. The summed E-state index contributed by atoms with van der Waals surface area (Å²) in [5.41, 5.74) is 4.63. The number of para-hydroxylation sites is 1. The van der Waals surface area contributed by atoms with Crippen LogP contribution in [0.1, 0.15) is 46.3 Å². The number of nitrogens with zero attached hydrogens (tertiary/aromatic N) is 3. The molecule has 4 aromatic rings. The largest absolute Gasteiger partial charge is 0.490 e. The summed E-state index contributed by atoms with van der Waals surface area (Å²) >= 11 is 0. The predicted octanol–water partition coefficient (Wildman–Crippen LogP) is 6.63. The minimum Gasteiger partial charge on any atom is -0.490 e. The first kappa shape index (κ1) is 31.0. The van der Waals surface area contributed by atoms with E-state index in [4.69, 9.17) is 9.47 Å². The van der Waals surface area contributed by atoms with Gasteiger partial charge in [0.2, 0.25) is 17.7 Å². The minimum atomic E-state index is -0.508. The van der Waals surface area contributed by atoms with Crippen LogP contribution in [0.2, 0.25) is 0 Å². The van der Waals surface area contributed by atoms with E-state index in [0.717, 1.165) is 42.6 Å². The predicted molar refractivity (Wildman–Crippen MR) is 175 cm³/mol. The highest BCUT2D eigenvalue weighted by Gasteiger charge is 2.22. The lowest BCUT2D eigenvalue weighted by atomic mass is 10.00. The Morgan fingerprint density at radius 2 is 1.93 bits per heavy atom. The van der Waals surface area contributed by atoms with Crippen molar-refractivity contribution in [2.45, 2.75) is 39.5 Å². The lowest BCUT2D eigenvalue weighted by Gasteiger charge is -2.29. The van der Waals surface area contributed by atoms with Gasteiger partial charge in [-0.25, -0.2) is 9.37 Å². The Hall–Kier alpha value is -5.03. The normalized spacial score (nSPS) is 16.3. The number of amides is 2. The van der Waals surface area contributed by atoms with Crippen LogP contribution in [0.25, 0.3) is 0 Å². The molecule has 10 nitrogen and oxygen atoms in total. The fraction of sp³-hybridized carbons (Fsp3) is 0.314. The van der Waals surface area contributed by atoms with Crippen LogP contribution in [0, 0.1) is 25.6 Å². The molecule has 3 aromatic carbocycles. The first-order chi connectivity index (χ1) is 22.2. The Morgan fingerprint density at radius 3 is 2.72 bits per heavy atom. The molecule has 238 valence electrons. The van der Waals surface area contributed by atoms with Gasteiger partial charge >= 0.3 is 0 Å². The number of carbonyl (C=O) groups excluding carboxylic acids is 2. The van der Waals surface area contributed by atoms with Gasteiger partial charge in [-0.1, -0.05) is 24.3 Å². The van der Waals surface area contributed by atoms with Crippen LogP contribution in [0.4, 0.5) is 27.4 Å². The quantitative estimate of drug-likeness (QED) is 0.190. The average Bonchev–Trinajstić information content (AvgIpc) is 3.02. The van der Waals surface area contributed by atoms with Crippen LogP contribution >= 0.6 is 0 Å². The molecule has 0 aliphatic carbocycles. The van der Waals surface area contributed by atoms with Crippen molar-refractivity contribution in [1.29, 1.82) is 0 Å². The second kappa shape index (κ2) is 13.5. The van der Waals surface area contributed by atoms with Crippen molar-refractivity contribution < 1.29 is 23.5 Å². The van der Waals surface area contributed by atoms with Gasteiger partial charge in [0.05, 0.1) is 6.61 Å². The maximum atomic E-state index is 15.0. The molecule has 0 radical (unpaired) electrons. The molecule has 11 heteroatoms. The molecular formula is C35H37FN6O4. The smallest absolute Gasteiger partial charge is 0.262 e. The monoisotopic (exact) mass is 624 g/mol. The molecule has 1 aromatic heterocycles. The third-order valence-corrected chi connectivity index (χ3v) is 8.29. The highest BCUT2D eigenvalue weighted by molar-refractivity contribution is 6.06. The highest BCUT2D eigenvalue weighted by Crippen LogP contribution is 2.32. The van der Waals surface area contributed by atoms with Crippen LogP contribution in [-0.2, 0) is 11.2 Å². The number of halogens is 1. The number of hydrogen-bond donors (Lipinski definition) is 3. The number of nitrogens with one attached hydrogen (secondary N) is 3. The highest BCUT2D eigenvalue weighted by atomic mass is 19.1. The Balaban J connectivity index is 1.24. The van der Waals surface area contributed by atoms with E-state index in [9.17, 15) is 9.59 Å². The van der Waals surface area contributed by atoms with Gasteiger partial charge in [0.1, 0.15) is 11.3 Å². The zero-order valence-corrected chi connectivity index (χ0v) is 26.2. The van der Waals surface area contributed by atoms with Gasteiger partial charge in [0, 0.05) is 54.3 Å². The first-order valence-electron chi connectivity index (χ1n) is 15.4. The minimum absolute atomic E-state index is 0.0128. The summed E-state index contributed by atoms with van der Waals surface area (Å²) in [6, 6.07) is 15.7. The van der Waals surface area contributed by atoms with Gasteiger partial charge in [-0.15, -0.1) is 0 Å². The number of carbonyl (C=O) groups is 2. The lowest BCUT2D eigenvalue weighted by Crippen LogP contribution is -2.34. The number of benzene rings is 3. The average molecular weight is 625 g/mol. The molecule has 6 rings (SSSR count). The summed E-state index contributed by atoms with van der Waals surface area (Å²) in [5.74, 6) is -0.0282. The summed E-state index contributed by atoms with van der Waals surface area (Å²) in [6.07, 6.45) is 4.58. The molecule has 1 saturated heterocycles. The number of piperidine rings is 1. The van der Waals surface area contributed by atoms with Gasteiger partial charge in [0.25, 0.3) is 5.91 Å². The molecule has 3 heterocycles. The Morgan fingerprint density at radius 1 is 1.11 bits per heavy atom. The van der Waals surface area contributed by atoms with Crippen molar-refractivity contribution in [1.82, 2.24) is 14.9 Å². The number of likely N-dealkylation sites (tertiary alicyclic amines) is 1. The van der Waals surface area contributed by atoms with E-state index >= 15 is 4.39 Å². The van der Waals surface area contributed by atoms with E-state index in [0.29, 0.717) is 48.2 Å². The zero-order valence-electron chi connectivity index (χ0n) is 26.2. The van der Waals surface area contributed by atoms with Gasteiger partial charge in [-0.2, -0.15) is 4.98 Å². The fourth-order valence-corrected chi connectivity index (χ4v) is 5.82. The summed E-state index contributed by atoms with van der Waals surface area (Å²) < 4.78 is 27.0. The molecular weight excluding hydrogens is 587 g/mol. The van der Waals surface area contributed by atoms with E-state index < -0.39 is 11.7 Å². The molecule has 0 saturated carbocycles. The molecule has 1 atom stereocenters. The SMILES string of the molecule is Cc1cccc(C)c1NC(=O)c1cnc(Nc2ccc(OCC3CCCN(C)C3)c(F)c2)nc1Oc1ccc2c(c1)NC(=O)CC2. The number of anilines is 4. The molecule has 2 amide bonds. The summed E-state index contributed by atoms with van der Waals surface area (Å²) in [6.45, 7) is 6.28. The molecule has 46 heavy (non-hydrogen) atoms. The van der Waals surface area contributed by atoms with Gasteiger partial charge in [-0.3, -0.25) is 9.59 Å². The molecule has 0 spiro atoms. The summed E-state index contributed by atoms with van der Waals surface area (Å²) in [5, 5.41) is 8.82. The molecule has 1 fully saturated rings. The van der Waals surface area contributed by atoms with Gasteiger partial charge in [0.15, 0.2) is 11.6 Å². The number of hydrogen-bond acceptors (Lipinski definition) is 8. The van der Waals surface area contributed by atoms with Crippen LogP contribution in [0.3, 0.4) is 0 Å². The maximum absolute atomic E-state index is 15.0. The van der Waals surface area contributed by atoms with Gasteiger partial charge < -0.3 is 30.3 Å². The maximum Gasteiger partial charge on any atom is 0.262 e. The topological polar surface area (TPSA) is 118 Å². The molecule has 3 N–H and O–H groups in total. The lowest BCUT2D eigenvalue weighted by molar-refractivity contribution is -0.116. The summed E-state index contributed by atoms with van der Waals surface area (Å²) in [7, 11) is 2.09. The Labute approximate surface area is 267 Å². The van der Waals surface area contributed by atoms with E-state index in [1.807, 2.05) is 38.1 Å². The van der Waals surface area contributed by atoms with Crippen molar-refractivity contribution in [3.05, 3.63) is 88.9 Å². The number of fused-ring (bicyclic) bond motifs is 1. The summed E-state index contributed by atoms with van der Waals surface area (Å²) in [4.78, 5) is 36.6. The first-order valence-corrected chi connectivity index (χ1v) is 15.4. The van der Waals surface area contributed by atoms with E-state index in [1.54, 1.807) is 24.3 Å². The molecule has 0 bridgehead atoms. The van der Waals surface area contributed by atoms with Crippen molar-refractivity contribution in [3.63, 3.8) is 0 Å². The van der Waals surface area contributed by atoms with Crippen molar-refractivity contribution in [2.24, 2.45) is 5.92 Å². The van der Waals surface area contributed by atoms with Crippen LogP contribution < -0.4 is 25.4 Å². The van der Waals surface area contributed by atoms with Crippen LogP contribution in [0.5, 0.6) is 17.4 Å². The van der Waals surface area contributed by atoms with E-state index in [2.05, 4.69) is 37.9 Å². The van der Waals surface area contributed by atoms with Crippen LogP contribution in [-0.4, -0.2) is 53.4 Å². The molecule has 2 aliphatic rings. The standard InChI is InChI=1S/C35H37FN6O4/c1-21-6-4-7-22(2)32(21)40-33(44)27-18-37-35(41-34(27)46-26-12-9-24-10-14-31(43)39-29(24)17-26)38-25-11-13-30(28(36)16-25)45-20-23-8-5-15-42(3)19-23/h4,6-7,9,11-13,16-18,23H,5,8,10,14-15,19-20H2,1-3H3,(H,39,43)(H,40,44)(H,37,38,41). The van der Waals surface area contributed by atoms with E-state index in [-0.39, 0.29) is 29.0 Å². The van der Waals surface area contributed by atoms with Crippen molar-refractivity contribution in [3.8, 4) is 17.4 Å². The number of aryl methyl sites for hydroxylation is 3. The second-order valence-electron chi connectivity index (χ2n) is 12.0.